The van der Waals surface area contributed by atoms with Gasteiger partial charge in [-0.15, -0.1) is 0 Å². The van der Waals surface area contributed by atoms with Gasteiger partial charge < -0.3 is 15.8 Å². The fraction of sp³-hybridized carbons (Fsp3) is 0.417. The number of hydrogen-bond acceptors (Lipinski definition) is 3. The van der Waals surface area contributed by atoms with E-state index in [2.05, 4.69) is 5.32 Å². The summed E-state index contributed by atoms with van der Waals surface area (Å²) in [5, 5.41) is 3.14. The van der Waals surface area contributed by atoms with Gasteiger partial charge in [0.1, 0.15) is 10.8 Å². The maximum absolute atomic E-state index is 13.7. The van der Waals surface area contributed by atoms with E-state index in [9.17, 15) is 4.39 Å². The van der Waals surface area contributed by atoms with E-state index < -0.39 is 0 Å². The molecule has 1 fully saturated rings. The molecule has 0 heterocycles. The predicted molar refractivity (Wildman–Crippen MR) is 69.7 cm³/mol. The Morgan fingerprint density at radius 2 is 2.24 bits per heavy atom. The molecule has 0 radical (unpaired) electrons. The predicted octanol–water partition coefficient (Wildman–Crippen LogP) is 2.05. The van der Waals surface area contributed by atoms with Crippen molar-refractivity contribution >= 4 is 22.9 Å². The SMILES string of the molecule is COC1CC(Nc2ccc(C(N)=S)cc2F)C1. The molecule has 1 aliphatic rings. The van der Waals surface area contributed by atoms with Crippen LogP contribution in [0.2, 0.25) is 0 Å². The molecule has 2 rings (SSSR count). The fourth-order valence-corrected chi connectivity index (χ4v) is 2.01. The smallest absolute Gasteiger partial charge is 0.146 e. The Hall–Kier alpha value is -1.20. The highest BCUT2D eigenvalue weighted by molar-refractivity contribution is 7.80. The first-order valence-electron chi connectivity index (χ1n) is 5.49. The highest BCUT2D eigenvalue weighted by atomic mass is 32.1. The standard InChI is InChI=1S/C12H15FN2OS/c1-16-9-5-8(6-9)15-11-3-2-7(12(14)17)4-10(11)13/h2-4,8-9,15H,5-6H2,1H3,(H2,14,17). The lowest BCUT2D eigenvalue weighted by Gasteiger charge is -2.35. The van der Waals surface area contributed by atoms with Crippen LogP contribution in [0.15, 0.2) is 18.2 Å². The summed E-state index contributed by atoms with van der Waals surface area (Å²) < 4.78 is 18.9. The third-order valence-corrected chi connectivity index (χ3v) is 3.28. The van der Waals surface area contributed by atoms with Crippen molar-refractivity contribution in [3.05, 3.63) is 29.6 Å². The van der Waals surface area contributed by atoms with E-state index in [1.54, 1.807) is 19.2 Å². The molecular formula is C12H15FN2OS. The number of benzene rings is 1. The van der Waals surface area contributed by atoms with E-state index in [1.165, 1.54) is 6.07 Å². The number of nitrogens with one attached hydrogen (secondary N) is 1. The van der Waals surface area contributed by atoms with Gasteiger partial charge in [-0.25, -0.2) is 4.39 Å². The molecule has 1 aromatic carbocycles. The Bertz CT molecular complexity index is 433. The van der Waals surface area contributed by atoms with E-state index in [1.807, 2.05) is 0 Å². The van der Waals surface area contributed by atoms with Crippen LogP contribution in [-0.2, 0) is 4.74 Å². The lowest BCUT2D eigenvalue weighted by molar-refractivity contribution is 0.0328. The molecule has 3 N–H and O–H groups in total. The summed E-state index contributed by atoms with van der Waals surface area (Å²) in [6, 6.07) is 5.03. The van der Waals surface area contributed by atoms with E-state index in [0.29, 0.717) is 17.4 Å². The zero-order valence-electron chi connectivity index (χ0n) is 9.57. The van der Waals surface area contributed by atoms with Crippen LogP contribution in [0.3, 0.4) is 0 Å². The highest BCUT2D eigenvalue weighted by Crippen LogP contribution is 2.27. The molecule has 92 valence electrons. The van der Waals surface area contributed by atoms with Crippen LogP contribution in [0.4, 0.5) is 10.1 Å². The number of ether oxygens (including phenoxy) is 1. The van der Waals surface area contributed by atoms with Crippen LogP contribution in [-0.4, -0.2) is 24.2 Å². The zero-order valence-corrected chi connectivity index (χ0v) is 10.4. The number of thiocarbonyl (C=S) groups is 1. The third kappa shape index (κ3) is 2.73. The molecule has 0 aliphatic heterocycles. The minimum atomic E-state index is -0.323. The van der Waals surface area contributed by atoms with E-state index >= 15 is 0 Å². The lowest BCUT2D eigenvalue weighted by Crippen LogP contribution is -2.40. The summed E-state index contributed by atoms with van der Waals surface area (Å²) >= 11 is 4.79. The zero-order chi connectivity index (χ0) is 12.4. The molecule has 5 heteroatoms. The van der Waals surface area contributed by atoms with E-state index in [0.717, 1.165) is 12.8 Å². The minimum Gasteiger partial charge on any atom is -0.389 e. The number of methoxy groups -OCH3 is 1. The Morgan fingerprint density at radius 3 is 2.76 bits per heavy atom. The molecule has 0 amide bonds. The number of rotatable bonds is 4. The Labute approximate surface area is 105 Å². The molecule has 1 saturated carbocycles. The van der Waals surface area contributed by atoms with Crippen molar-refractivity contribution in [3.63, 3.8) is 0 Å². The van der Waals surface area contributed by atoms with Gasteiger partial charge in [0, 0.05) is 18.7 Å². The van der Waals surface area contributed by atoms with Gasteiger partial charge in [0.05, 0.1) is 11.8 Å². The van der Waals surface area contributed by atoms with Gasteiger partial charge in [-0.1, -0.05) is 12.2 Å². The second kappa shape index (κ2) is 4.98. The number of anilines is 1. The molecular weight excluding hydrogens is 239 g/mol. The van der Waals surface area contributed by atoms with Crippen molar-refractivity contribution in [3.8, 4) is 0 Å². The summed E-state index contributed by atoms with van der Waals surface area (Å²) in [6.07, 6.45) is 2.12. The maximum atomic E-state index is 13.7. The van der Waals surface area contributed by atoms with Gasteiger partial charge in [0.25, 0.3) is 0 Å². The molecule has 3 nitrogen and oxygen atoms in total. The molecule has 0 spiro atoms. The number of halogens is 1. The molecule has 1 aliphatic carbocycles. The molecule has 1 aromatic rings. The number of hydrogen-bond donors (Lipinski definition) is 2. The second-order valence-electron chi connectivity index (χ2n) is 4.23. The summed E-state index contributed by atoms with van der Waals surface area (Å²) in [6.45, 7) is 0. The third-order valence-electron chi connectivity index (χ3n) is 3.04. The monoisotopic (exact) mass is 254 g/mol. The average Bonchev–Trinajstić information content (AvgIpc) is 2.24. The summed E-state index contributed by atoms with van der Waals surface area (Å²) in [4.78, 5) is 0.207. The van der Waals surface area contributed by atoms with Crippen LogP contribution in [0.5, 0.6) is 0 Å². The molecule has 0 saturated heterocycles. The fourth-order valence-electron chi connectivity index (χ4n) is 1.88. The first-order valence-corrected chi connectivity index (χ1v) is 5.89. The second-order valence-corrected chi connectivity index (χ2v) is 4.67. The lowest BCUT2D eigenvalue weighted by atomic mass is 9.89. The van der Waals surface area contributed by atoms with Crippen molar-refractivity contribution in [2.24, 2.45) is 5.73 Å². The quantitative estimate of drug-likeness (QED) is 0.807. The van der Waals surface area contributed by atoms with E-state index in [-0.39, 0.29) is 16.8 Å². The van der Waals surface area contributed by atoms with Crippen LogP contribution in [0.1, 0.15) is 18.4 Å². The van der Waals surface area contributed by atoms with Crippen molar-refractivity contribution in [2.75, 3.05) is 12.4 Å². The normalized spacial score (nSPS) is 22.9. The van der Waals surface area contributed by atoms with Gasteiger partial charge >= 0.3 is 0 Å². The molecule has 0 aromatic heterocycles. The Kier molecular flexibility index (Phi) is 3.59. The number of nitrogens with two attached hydrogens (primary N) is 1. The first-order chi connectivity index (χ1) is 8.10. The molecule has 17 heavy (non-hydrogen) atoms. The largest absolute Gasteiger partial charge is 0.389 e. The molecule has 0 atom stereocenters. The van der Waals surface area contributed by atoms with Crippen molar-refractivity contribution in [1.82, 2.24) is 0 Å². The van der Waals surface area contributed by atoms with Crippen LogP contribution >= 0.6 is 12.2 Å². The van der Waals surface area contributed by atoms with E-state index in [4.69, 9.17) is 22.7 Å². The topological polar surface area (TPSA) is 47.3 Å². The summed E-state index contributed by atoms with van der Waals surface area (Å²) in [7, 11) is 1.69. The van der Waals surface area contributed by atoms with Gasteiger partial charge in [-0.2, -0.15) is 0 Å². The Balaban J connectivity index is 2.00. The van der Waals surface area contributed by atoms with Gasteiger partial charge in [-0.3, -0.25) is 0 Å². The highest BCUT2D eigenvalue weighted by Gasteiger charge is 2.29. The van der Waals surface area contributed by atoms with Crippen molar-refractivity contribution < 1.29 is 9.13 Å². The van der Waals surface area contributed by atoms with Gasteiger partial charge in [-0.05, 0) is 31.0 Å². The maximum Gasteiger partial charge on any atom is 0.146 e. The average molecular weight is 254 g/mol. The molecule has 0 bridgehead atoms. The van der Waals surface area contributed by atoms with Crippen LogP contribution in [0.25, 0.3) is 0 Å². The van der Waals surface area contributed by atoms with Crippen LogP contribution < -0.4 is 11.1 Å². The Morgan fingerprint density at radius 1 is 1.53 bits per heavy atom. The van der Waals surface area contributed by atoms with Gasteiger partial charge in [0.2, 0.25) is 0 Å². The molecule has 0 unspecified atom stereocenters. The summed E-state index contributed by atoms with van der Waals surface area (Å²) in [5.74, 6) is -0.323. The summed E-state index contributed by atoms with van der Waals surface area (Å²) in [5.41, 5.74) is 6.47. The van der Waals surface area contributed by atoms with Crippen molar-refractivity contribution in [1.29, 1.82) is 0 Å². The van der Waals surface area contributed by atoms with Crippen LogP contribution in [0, 0.1) is 5.82 Å². The van der Waals surface area contributed by atoms with Crippen molar-refractivity contribution in [2.45, 2.75) is 25.0 Å². The minimum absolute atomic E-state index is 0.207. The van der Waals surface area contributed by atoms with Gasteiger partial charge in [0.15, 0.2) is 0 Å². The first kappa shape index (κ1) is 12.3.